The van der Waals surface area contributed by atoms with Gasteiger partial charge in [-0.25, -0.2) is 4.79 Å². The molecule has 2 aromatic rings. The topological polar surface area (TPSA) is 47.9 Å². The van der Waals surface area contributed by atoms with E-state index in [2.05, 4.69) is 21.1 Å². The van der Waals surface area contributed by atoms with Crippen molar-refractivity contribution in [3.8, 4) is 0 Å². The molecule has 118 valence electrons. The first kappa shape index (κ1) is 16.0. The van der Waals surface area contributed by atoms with E-state index in [9.17, 15) is 4.79 Å². The Morgan fingerprint density at radius 2 is 1.91 bits per heavy atom. The third kappa shape index (κ3) is 4.12. The highest BCUT2D eigenvalue weighted by molar-refractivity contribution is 9.10. The smallest absolute Gasteiger partial charge is 0.338 e. The molecule has 4 nitrogen and oxygen atoms in total. The number of hydrogen-bond acceptors (Lipinski definition) is 4. The molecule has 0 aromatic heterocycles. The molecule has 0 spiro atoms. The second-order valence-electron chi connectivity index (χ2n) is 5.08. The van der Waals surface area contributed by atoms with E-state index in [4.69, 9.17) is 21.2 Å². The number of carbonyl (C=O) groups is 1. The van der Waals surface area contributed by atoms with Gasteiger partial charge in [0.05, 0.1) is 11.3 Å². The van der Waals surface area contributed by atoms with E-state index in [1.807, 2.05) is 12.1 Å². The molecule has 2 aromatic carbocycles. The third-order valence-electron chi connectivity index (χ3n) is 3.39. The number of benzene rings is 2. The fourth-order valence-electron chi connectivity index (χ4n) is 2.17. The lowest BCUT2D eigenvalue weighted by molar-refractivity contribution is 0.00686. The van der Waals surface area contributed by atoms with Gasteiger partial charge < -0.3 is 9.57 Å². The summed E-state index contributed by atoms with van der Waals surface area (Å²) in [4.78, 5) is 17.3. The third-order valence-corrected chi connectivity index (χ3v) is 4.17. The molecule has 0 N–H and O–H groups in total. The van der Waals surface area contributed by atoms with Gasteiger partial charge in [0.1, 0.15) is 6.61 Å². The second kappa shape index (κ2) is 7.15. The highest BCUT2D eigenvalue weighted by Gasteiger charge is 2.24. The maximum Gasteiger partial charge on any atom is 0.338 e. The number of esters is 1. The van der Waals surface area contributed by atoms with Gasteiger partial charge in [0.25, 0.3) is 0 Å². The number of ether oxygens (including phenoxy) is 1. The van der Waals surface area contributed by atoms with Crippen LogP contribution in [-0.2, 0) is 9.57 Å². The maximum atomic E-state index is 12.0. The Bertz CT molecular complexity index is 729. The summed E-state index contributed by atoms with van der Waals surface area (Å²) in [6.45, 7) is 0.162. The number of oxime groups is 1. The van der Waals surface area contributed by atoms with Crippen molar-refractivity contribution in [2.75, 3.05) is 6.61 Å². The molecule has 0 amide bonds. The first-order valence-corrected chi connectivity index (χ1v) is 8.20. The van der Waals surface area contributed by atoms with Crippen LogP contribution in [0.15, 0.2) is 58.2 Å². The summed E-state index contributed by atoms with van der Waals surface area (Å²) in [5.74, 6) is -0.374. The Hall–Kier alpha value is -1.85. The molecule has 0 saturated carbocycles. The van der Waals surface area contributed by atoms with E-state index in [1.54, 1.807) is 36.4 Å². The molecule has 0 aliphatic carbocycles. The Morgan fingerprint density at radius 1 is 1.22 bits per heavy atom. The Kier molecular flexibility index (Phi) is 4.98. The standard InChI is InChI=1S/C17H13BrClNO3/c18-13-5-1-12(2-6-13)17(21)22-10-15-9-16(20-23-15)11-3-7-14(19)8-4-11/h1-8,15H,9-10H2. The number of carbonyl (C=O) groups excluding carboxylic acids is 1. The summed E-state index contributed by atoms with van der Waals surface area (Å²) < 4.78 is 6.19. The Balaban J connectivity index is 1.52. The zero-order chi connectivity index (χ0) is 16.2. The molecule has 0 bridgehead atoms. The normalized spacial score (nSPS) is 16.6. The van der Waals surface area contributed by atoms with Crippen molar-refractivity contribution in [1.29, 1.82) is 0 Å². The van der Waals surface area contributed by atoms with Crippen molar-refractivity contribution in [1.82, 2.24) is 0 Å². The van der Waals surface area contributed by atoms with E-state index in [1.165, 1.54) is 0 Å². The molecule has 0 fully saturated rings. The van der Waals surface area contributed by atoms with Crippen molar-refractivity contribution in [3.63, 3.8) is 0 Å². The van der Waals surface area contributed by atoms with E-state index >= 15 is 0 Å². The minimum Gasteiger partial charge on any atom is -0.458 e. The first-order valence-electron chi connectivity index (χ1n) is 7.03. The van der Waals surface area contributed by atoms with Gasteiger partial charge in [0.15, 0.2) is 6.10 Å². The molecule has 23 heavy (non-hydrogen) atoms. The fourth-order valence-corrected chi connectivity index (χ4v) is 2.56. The monoisotopic (exact) mass is 393 g/mol. The predicted octanol–water partition coefficient (Wildman–Crippen LogP) is 4.45. The number of hydrogen-bond donors (Lipinski definition) is 0. The molecule has 1 aliphatic heterocycles. The van der Waals surface area contributed by atoms with Gasteiger partial charge >= 0.3 is 5.97 Å². The molecule has 1 heterocycles. The lowest BCUT2D eigenvalue weighted by Crippen LogP contribution is -2.19. The van der Waals surface area contributed by atoms with Crippen molar-refractivity contribution in [2.45, 2.75) is 12.5 Å². The first-order chi connectivity index (χ1) is 11.1. The van der Waals surface area contributed by atoms with Crippen molar-refractivity contribution < 1.29 is 14.4 Å². The molecule has 0 saturated heterocycles. The lowest BCUT2D eigenvalue weighted by atomic mass is 10.1. The van der Waals surface area contributed by atoms with Crippen LogP contribution in [0.1, 0.15) is 22.3 Å². The minimum atomic E-state index is -0.374. The van der Waals surface area contributed by atoms with Gasteiger partial charge in [-0.15, -0.1) is 0 Å². The van der Waals surface area contributed by atoms with Crippen LogP contribution in [0, 0.1) is 0 Å². The van der Waals surface area contributed by atoms with Crippen molar-refractivity contribution in [2.24, 2.45) is 5.16 Å². The molecule has 0 radical (unpaired) electrons. The average molecular weight is 395 g/mol. The SMILES string of the molecule is O=C(OCC1CC(c2ccc(Cl)cc2)=NO1)c1ccc(Br)cc1. The number of rotatable bonds is 4. The largest absolute Gasteiger partial charge is 0.458 e. The van der Waals surface area contributed by atoms with Crippen LogP contribution in [0.3, 0.4) is 0 Å². The van der Waals surface area contributed by atoms with Gasteiger partial charge in [0, 0.05) is 15.9 Å². The summed E-state index contributed by atoms with van der Waals surface area (Å²) in [6, 6.07) is 14.4. The van der Waals surface area contributed by atoms with Crippen LogP contribution in [-0.4, -0.2) is 24.4 Å². The molecular formula is C17H13BrClNO3. The van der Waals surface area contributed by atoms with Crippen LogP contribution < -0.4 is 0 Å². The minimum absolute atomic E-state index is 0.162. The van der Waals surface area contributed by atoms with E-state index < -0.39 is 0 Å². The molecule has 1 aliphatic rings. The summed E-state index contributed by atoms with van der Waals surface area (Å²) in [5, 5.41) is 4.73. The van der Waals surface area contributed by atoms with Crippen molar-refractivity contribution in [3.05, 3.63) is 69.2 Å². The average Bonchev–Trinajstić information content (AvgIpc) is 3.03. The molecule has 6 heteroatoms. The van der Waals surface area contributed by atoms with Gasteiger partial charge in [-0.1, -0.05) is 44.8 Å². The second-order valence-corrected chi connectivity index (χ2v) is 6.43. The van der Waals surface area contributed by atoms with E-state index in [0.717, 1.165) is 15.7 Å². The van der Waals surface area contributed by atoms with E-state index in [-0.39, 0.29) is 18.7 Å². The summed E-state index contributed by atoms with van der Waals surface area (Å²) in [7, 11) is 0. The van der Waals surface area contributed by atoms with Crippen LogP contribution in [0.5, 0.6) is 0 Å². The Labute approximate surface area is 147 Å². The molecule has 3 rings (SSSR count). The van der Waals surface area contributed by atoms with Gasteiger partial charge in [-0.2, -0.15) is 0 Å². The quantitative estimate of drug-likeness (QED) is 0.720. The van der Waals surface area contributed by atoms with Crippen LogP contribution in [0.2, 0.25) is 5.02 Å². The van der Waals surface area contributed by atoms with Crippen LogP contribution in [0.4, 0.5) is 0 Å². The number of nitrogens with zero attached hydrogens (tertiary/aromatic N) is 1. The van der Waals surface area contributed by atoms with Crippen LogP contribution >= 0.6 is 27.5 Å². The number of halogens is 2. The van der Waals surface area contributed by atoms with Crippen LogP contribution in [0.25, 0.3) is 0 Å². The highest BCUT2D eigenvalue weighted by atomic mass is 79.9. The highest BCUT2D eigenvalue weighted by Crippen LogP contribution is 2.19. The zero-order valence-corrected chi connectivity index (χ0v) is 14.4. The molecule has 1 unspecified atom stereocenters. The van der Waals surface area contributed by atoms with Gasteiger partial charge in [0.2, 0.25) is 0 Å². The van der Waals surface area contributed by atoms with Crippen molar-refractivity contribution >= 4 is 39.2 Å². The predicted molar refractivity (Wildman–Crippen MR) is 91.9 cm³/mol. The Morgan fingerprint density at radius 3 is 2.61 bits per heavy atom. The lowest BCUT2D eigenvalue weighted by Gasteiger charge is -2.09. The zero-order valence-electron chi connectivity index (χ0n) is 12.0. The molecular weight excluding hydrogens is 382 g/mol. The summed E-state index contributed by atoms with van der Waals surface area (Å²) >= 11 is 9.19. The van der Waals surface area contributed by atoms with E-state index in [0.29, 0.717) is 17.0 Å². The maximum absolute atomic E-state index is 12.0. The fraction of sp³-hybridized carbons (Fsp3) is 0.176. The van der Waals surface area contributed by atoms with Gasteiger partial charge in [-0.05, 0) is 42.0 Å². The summed E-state index contributed by atoms with van der Waals surface area (Å²) in [6.07, 6.45) is 0.329. The van der Waals surface area contributed by atoms with Gasteiger partial charge in [-0.3, -0.25) is 0 Å². The molecule has 1 atom stereocenters. The summed E-state index contributed by atoms with van der Waals surface area (Å²) in [5.41, 5.74) is 2.28.